The number of thiazole rings is 1. The number of rotatable bonds is 8. The monoisotopic (exact) mass is 665 g/mol. The molecule has 2 atom stereocenters. The van der Waals surface area contributed by atoms with E-state index in [9.17, 15) is 32.3 Å². The molecule has 1 aliphatic heterocycles. The van der Waals surface area contributed by atoms with Crippen LogP contribution in [0.25, 0.3) is 21.5 Å². The third kappa shape index (κ3) is 5.38. The Bertz CT molecular complexity index is 1880. The minimum absolute atomic E-state index is 0.0436. The first-order chi connectivity index (χ1) is 21.1. The molecule has 236 valence electrons. The second kappa shape index (κ2) is 10.7. The van der Waals surface area contributed by atoms with E-state index in [-0.39, 0.29) is 56.7 Å². The number of benzene rings is 2. The quantitative estimate of drug-likeness (QED) is 0.199. The van der Waals surface area contributed by atoms with Crippen LogP contribution in [-0.2, 0) is 15.8 Å². The molecule has 2 amide bonds. The largest absolute Gasteiger partial charge is 0.489 e. The fourth-order valence-electron chi connectivity index (χ4n) is 4.89. The van der Waals surface area contributed by atoms with Crippen LogP contribution in [0.5, 0.6) is 11.5 Å². The van der Waals surface area contributed by atoms with E-state index in [2.05, 4.69) is 15.3 Å². The van der Waals surface area contributed by atoms with E-state index in [4.69, 9.17) is 32.5 Å². The lowest BCUT2D eigenvalue weighted by molar-refractivity contribution is -0.265. The number of fused-ring (bicyclic) bond motifs is 2. The molecule has 0 saturated heterocycles. The number of aromatic nitrogens is 2. The summed E-state index contributed by atoms with van der Waals surface area (Å²) in [5.74, 6) is -2.49. The first-order valence-electron chi connectivity index (χ1n) is 13.5. The Morgan fingerprint density at radius 3 is 2.60 bits per heavy atom. The average molecular weight is 666 g/mol. The first-order valence-corrected chi connectivity index (χ1v) is 14.7. The number of alkyl halides is 3. The standard InChI is InChI=1S/C29H24ClF4N5O5S/c1-27(25(35)41)11-43-23-15(27)9-20(38-21(23)12-2-5-17(31)16(30)6-12)28(42,29(32,33)34)10-37-24(40)13-7-18(44-14-3-4-14)22-19(8-13)45-26(36)39-22/h2,5-9,14,42H,3-4,10-11H2,1H3,(H2,35,41)(H2,36,39)(H,37,40)/t27-,28-/m0/s1. The van der Waals surface area contributed by atoms with Crippen molar-refractivity contribution in [2.24, 2.45) is 5.73 Å². The number of carbonyl (C=O) groups excluding carboxylic acids is 2. The second-order valence-electron chi connectivity index (χ2n) is 11.1. The van der Waals surface area contributed by atoms with E-state index in [1.54, 1.807) is 0 Å². The van der Waals surface area contributed by atoms with Crippen molar-refractivity contribution in [2.75, 3.05) is 18.9 Å². The van der Waals surface area contributed by atoms with Crippen LogP contribution in [0.1, 0.15) is 41.4 Å². The van der Waals surface area contributed by atoms with Crippen molar-refractivity contribution < 1.29 is 41.7 Å². The number of halogens is 5. The van der Waals surface area contributed by atoms with Gasteiger partial charge in [-0.25, -0.2) is 14.4 Å². The van der Waals surface area contributed by atoms with E-state index in [0.29, 0.717) is 10.2 Å². The zero-order valence-corrected chi connectivity index (χ0v) is 24.9. The van der Waals surface area contributed by atoms with Crippen molar-refractivity contribution >= 4 is 50.1 Å². The minimum atomic E-state index is -5.39. The number of pyridine rings is 1. The first kappa shape index (κ1) is 30.8. The maximum absolute atomic E-state index is 14.7. The van der Waals surface area contributed by atoms with E-state index < -0.39 is 47.1 Å². The number of anilines is 1. The molecule has 0 unspecified atom stereocenters. The van der Waals surface area contributed by atoms with Crippen LogP contribution >= 0.6 is 22.9 Å². The van der Waals surface area contributed by atoms with Gasteiger partial charge in [0.2, 0.25) is 11.5 Å². The fourth-order valence-corrected chi connectivity index (χ4v) is 5.86. The number of aliphatic hydroxyl groups is 1. The van der Waals surface area contributed by atoms with Crippen molar-refractivity contribution in [1.29, 1.82) is 0 Å². The Hall–Kier alpha value is -4.21. The summed E-state index contributed by atoms with van der Waals surface area (Å²) in [4.78, 5) is 34.0. The highest BCUT2D eigenvalue weighted by molar-refractivity contribution is 7.22. The molecular weight excluding hydrogens is 642 g/mol. The van der Waals surface area contributed by atoms with Gasteiger partial charge in [-0.1, -0.05) is 22.9 Å². The fraction of sp³-hybridized carbons (Fsp3) is 0.310. The Morgan fingerprint density at radius 1 is 1.22 bits per heavy atom. The molecule has 3 heterocycles. The van der Waals surface area contributed by atoms with Gasteiger partial charge in [0.05, 0.1) is 28.1 Å². The predicted molar refractivity (Wildman–Crippen MR) is 157 cm³/mol. The number of nitrogens with two attached hydrogens (primary N) is 2. The smallest absolute Gasteiger partial charge is 0.424 e. The van der Waals surface area contributed by atoms with Gasteiger partial charge >= 0.3 is 6.18 Å². The summed E-state index contributed by atoms with van der Waals surface area (Å²) >= 11 is 7.00. The number of hydrogen-bond donors (Lipinski definition) is 4. The zero-order chi connectivity index (χ0) is 32.5. The summed E-state index contributed by atoms with van der Waals surface area (Å²) in [6, 6.07) is 6.92. The third-order valence-electron chi connectivity index (χ3n) is 7.76. The lowest BCUT2D eigenvalue weighted by atomic mass is 9.81. The average Bonchev–Trinajstić information content (AvgIpc) is 3.61. The van der Waals surface area contributed by atoms with Crippen LogP contribution in [-0.4, -0.2) is 52.3 Å². The van der Waals surface area contributed by atoms with Gasteiger partial charge in [0.1, 0.15) is 40.5 Å². The molecule has 10 nitrogen and oxygen atoms in total. The van der Waals surface area contributed by atoms with Gasteiger partial charge in [0.25, 0.3) is 5.91 Å². The molecule has 1 aliphatic carbocycles. The molecule has 0 bridgehead atoms. The number of amides is 2. The number of nitrogens with one attached hydrogen (secondary N) is 1. The van der Waals surface area contributed by atoms with Gasteiger partial charge in [-0.2, -0.15) is 13.2 Å². The van der Waals surface area contributed by atoms with Crippen molar-refractivity contribution in [1.82, 2.24) is 15.3 Å². The van der Waals surface area contributed by atoms with Crippen LogP contribution in [0.15, 0.2) is 36.4 Å². The number of hydrogen-bond acceptors (Lipinski definition) is 9. The number of nitrogens with zero attached hydrogens (tertiary/aromatic N) is 2. The Morgan fingerprint density at radius 2 is 1.96 bits per heavy atom. The summed E-state index contributed by atoms with van der Waals surface area (Å²) in [5, 5.41) is 13.3. The Labute approximate surface area is 261 Å². The van der Waals surface area contributed by atoms with Crippen LogP contribution in [0, 0.1) is 5.82 Å². The summed E-state index contributed by atoms with van der Waals surface area (Å²) in [6.07, 6.45) is -3.86. The molecule has 16 heteroatoms. The molecule has 2 aliphatic rings. The summed E-state index contributed by atoms with van der Waals surface area (Å²) in [5.41, 5.74) is 5.16. The molecule has 45 heavy (non-hydrogen) atoms. The van der Waals surface area contributed by atoms with Crippen LogP contribution < -0.4 is 26.3 Å². The minimum Gasteiger partial charge on any atom is -0.489 e. The number of primary amides is 1. The highest BCUT2D eigenvalue weighted by Crippen LogP contribution is 2.48. The van der Waals surface area contributed by atoms with Crippen molar-refractivity contribution in [2.45, 2.75) is 43.1 Å². The summed E-state index contributed by atoms with van der Waals surface area (Å²) in [7, 11) is 0. The molecular formula is C29H24ClF4N5O5S. The highest BCUT2D eigenvalue weighted by Gasteiger charge is 2.57. The Kier molecular flexibility index (Phi) is 7.33. The maximum Gasteiger partial charge on any atom is 0.424 e. The van der Waals surface area contributed by atoms with Gasteiger partial charge in [-0.05, 0) is 56.2 Å². The number of carbonyl (C=O) groups is 2. The number of ether oxygens (including phenoxy) is 2. The van der Waals surface area contributed by atoms with Gasteiger partial charge in [0.15, 0.2) is 5.13 Å². The normalized spacial score (nSPS) is 19.1. The lowest BCUT2D eigenvalue weighted by Gasteiger charge is -2.31. The van der Waals surface area contributed by atoms with E-state index in [1.165, 1.54) is 25.1 Å². The second-order valence-corrected chi connectivity index (χ2v) is 12.5. The van der Waals surface area contributed by atoms with Gasteiger partial charge in [-0.15, -0.1) is 0 Å². The molecule has 6 rings (SSSR count). The van der Waals surface area contributed by atoms with Crippen molar-refractivity contribution in [3.8, 4) is 22.8 Å². The molecule has 6 N–H and O–H groups in total. The summed E-state index contributed by atoms with van der Waals surface area (Å²) in [6.45, 7) is -0.341. The van der Waals surface area contributed by atoms with Gasteiger partial charge in [0, 0.05) is 16.7 Å². The topological polar surface area (TPSA) is 163 Å². The van der Waals surface area contributed by atoms with Crippen molar-refractivity contribution in [3.05, 3.63) is 64.1 Å². The van der Waals surface area contributed by atoms with E-state index in [1.807, 2.05) is 0 Å². The molecule has 2 aromatic heterocycles. The van der Waals surface area contributed by atoms with E-state index in [0.717, 1.165) is 42.4 Å². The molecule has 2 aromatic carbocycles. The molecule has 1 saturated carbocycles. The number of nitrogen functional groups attached to an aromatic ring is 1. The van der Waals surface area contributed by atoms with Crippen molar-refractivity contribution in [3.63, 3.8) is 0 Å². The summed E-state index contributed by atoms with van der Waals surface area (Å²) < 4.78 is 70.2. The van der Waals surface area contributed by atoms with Crippen LogP contribution in [0.3, 0.4) is 0 Å². The van der Waals surface area contributed by atoms with Crippen LogP contribution in [0.2, 0.25) is 5.02 Å². The van der Waals surface area contributed by atoms with Crippen LogP contribution in [0.4, 0.5) is 22.7 Å². The predicted octanol–water partition coefficient (Wildman–Crippen LogP) is 4.59. The highest BCUT2D eigenvalue weighted by atomic mass is 35.5. The van der Waals surface area contributed by atoms with E-state index >= 15 is 0 Å². The molecule has 0 spiro atoms. The molecule has 1 fully saturated rings. The van der Waals surface area contributed by atoms with Gasteiger partial charge in [-0.3, -0.25) is 9.59 Å². The Balaban J connectivity index is 1.41. The molecule has 0 radical (unpaired) electrons. The van der Waals surface area contributed by atoms with Gasteiger partial charge < -0.3 is 31.4 Å². The lowest BCUT2D eigenvalue weighted by Crippen LogP contribution is -2.51. The zero-order valence-electron chi connectivity index (χ0n) is 23.3. The SMILES string of the molecule is C[C@]1(C(N)=O)COc2c1cc([C@@](O)(CNC(=O)c1cc(OC3CC3)c3nc(N)sc3c1)C(F)(F)F)nc2-c1ccc(F)c(Cl)c1. The molecule has 4 aromatic rings. The maximum atomic E-state index is 14.7. The third-order valence-corrected chi connectivity index (χ3v) is 8.88.